The molecule has 3 rings (SSSR count). The minimum absolute atomic E-state index is 0.113. The summed E-state index contributed by atoms with van der Waals surface area (Å²) in [7, 11) is 1.26. The van der Waals surface area contributed by atoms with E-state index in [4.69, 9.17) is 10.5 Å². The second-order valence-corrected chi connectivity index (χ2v) is 5.70. The number of nitrogens with one attached hydrogen (secondary N) is 1. The van der Waals surface area contributed by atoms with Crippen LogP contribution in [0.4, 0.5) is 4.39 Å². The number of hydrogen-bond acceptors (Lipinski definition) is 5. The predicted octanol–water partition coefficient (Wildman–Crippen LogP) is 2.24. The maximum absolute atomic E-state index is 14.1. The molecular formula is C19H21FN2O4. The summed E-state index contributed by atoms with van der Waals surface area (Å²) < 4.78 is 18.9. The first kappa shape index (κ1) is 19.4. The number of carbonyl (C=O) groups is 2. The molecule has 6 nitrogen and oxygen atoms in total. The lowest BCUT2D eigenvalue weighted by atomic mass is 10.00. The third-order valence-corrected chi connectivity index (χ3v) is 3.92. The third-order valence-electron chi connectivity index (χ3n) is 3.92. The Morgan fingerprint density at radius 1 is 1.08 bits per heavy atom. The molecule has 2 aromatic rings. The fraction of sp³-hybridized carbons (Fsp3) is 0.263. The number of methoxy groups -OCH3 is 1. The summed E-state index contributed by atoms with van der Waals surface area (Å²) in [6.45, 7) is 2.50. The third kappa shape index (κ3) is 4.58. The predicted molar refractivity (Wildman–Crippen MR) is 95.1 cm³/mol. The van der Waals surface area contributed by atoms with Crippen molar-refractivity contribution < 1.29 is 23.8 Å². The van der Waals surface area contributed by atoms with Gasteiger partial charge in [0.2, 0.25) is 5.91 Å². The molecule has 1 amide bonds. The van der Waals surface area contributed by atoms with Gasteiger partial charge in [0, 0.05) is 11.1 Å². The van der Waals surface area contributed by atoms with Crippen LogP contribution < -0.4 is 15.8 Å². The molecule has 138 valence electrons. The highest BCUT2D eigenvalue weighted by Gasteiger charge is 2.22. The molecule has 0 saturated carbocycles. The molecule has 0 atom stereocenters. The van der Waals surface area contributed by atoms with E-state index in [-0.39, 0.29) is 16.9 Å². The molecule has 0 aliphatic carbocycles. The minimum atomic E-state index is -0.943. The average molecular weight is 360 g/mol. The van der Waals surface area contributed by atoms with Gasteiger partial charge >= 0.3 is 0 Å². The molecule has 0 aromatic heterocycles. The number of phenols is 1. The number of ketones is 1. The molecule has 0 spiro atoms. The van der Waals surface area contributed by atoms with Crippen molar-refractivity contribution in [1.82, 2.24) is 5.32 Å². The van der Waals surface area contributed by atoms with E-state index in [1.165, 1.54) is 69.4 Å². The van der Waals surface area contributed by atoms with Crippen molar-refractivity contribution in [2.45, 2.75) is 12.8 Å². The number of benzene rings is 2. The summed E-state index contributed by atoms with van der Waals surface area (Å²) in [6, 6.07) is 7.77. The van der Waals surface area contributed by atoms with Crippen molar-refractivity contribution in [3.05, 3.63) is 58.9 Å². The molecule has 7 heteroatoms. The Bertz CT molecular complexity index is 779. The van der Waals surface area contributed by atoms with Crippen LogP contribution in [0.1, 0.15) is 39.1 Å². The number of hydrogen-bond donors (Lipinski definition) is 3. The maximum atomic E-state index is 14.1. The Hall–Kier alpha value is -2.93. The van der Waals surface area contributed by atoms with E-state index in [1.807, 2.05) is 0 Å². The van der Waals surface area contributed by atoms with E-state index in [1.54, 1.807) is 0 Å². The Labute approximate surface area is 150 Å². The van der Waals surface area contributed by atoms with Crippen LogP contribution in [-0.2, 0) is 0 Å². The molecule has 1 aliphatic heterocycles. The summed E-state index contributed by atoms with van der Waals surface area (Å²) >= 11 is 0. The monoisotopic (exact) mass is 360 g/mol. The van der Waals surface area contributed by atoms with Crippen LogP contribution in [0, 0.1) is 5.82 Å². The summed E-state index contributed by atoms with van der Waals surface area (Å²) in [5.41, 5.74) is 4.95. The highest BCUT2D eigenvalue weighted by Crippen LogP contribution is 2.30. The summed E-state index contributed by atoms with van der Waals surface area (Å²) in [5, 5.41) is 12.9. The standard InChI is InChI=1S/C15H12FNO4.C4H9N/c1-21-11-7-6-10(18)12(13(11)16)14(19)8-2-4-9(5-3-8)15(17)20;1-2-4-5-3-1/h2-7,18H,1H3,(H2,17,20);5H,1-4H2. The number of halogens is 1. The van der Waals surface area contributed by atoms with Gasteiger partial charge in [-0.15, -0.1) is 0 Å². The van der Waals surface area contributed by atoms with Gasteiger partial charge in [-0.3, -0.25) is 9.59 Å². The number of primary amides is 1. The van der Waals surface area contributed by atoms with Gasteiger partial charge in [-0.1, -0.05) is 12.1 Å². The normalized spacial score (nSPS) is 12.8. The van der Waals surface area contributed by atoms with Crippen LogP contribution in [0.15, 0.2) is 36.4 Å². The van der Waals surface area contributed by atoms with Gasteiger partial charge in [-0.05, 0) is 50.2 Å². The quantitative estimate of drug-likeness (QED) is 0.726. The molecule has 1 heterocycles. The van der Waals surface area contributed by atoms with E-state index in [0.717, 1.165) is 0 Å². The fourth-order valence-electron chi connectivity index (χ4n) is 2.48. The van der Waals surface area contributed by atoms with Crippen LogP contribution in [-0.4, -0.2) is 37.0 Å². The molecule has 1 aliphatic rings. The molecular weight excluding hydrogens is 339 g/mol. The van der Waals surface area contributed by atoms with E-state index in [2.05, 4.69) is 5.32 Å². The van der Waals surface area contributed by atoms with Gasteiger partial charge in [-0.25, -0.2) is 4.39 Å². The molecule has 0 radical (unpaired) electrons. The summed E-state index contributed by atoms with van der Waals surface area (Å²) in [4.78, 5) is 23.2. The number of amides is 1. The summed E-state index contributed by atoms with van der Waals surface area (Å²) in [6.07, 6.45) is 2.78. The Morgan fingerprint density at radius 2 is 1.65 bits per heavy atom. The van der Waals surface area contributed by atoms with Crippen LogP contribution in [0.2, 0.25) is 0 Å². The first-order valence-corrected chi connectivity index (χ1v) is 8.16. The van der Waals surface area contributed by atoms with Gasteiger partial charge < -0.3 is 20.9 Å². The van der Waals surface area contributed by atoms with Crippen LogP contribution >= 0.6 is 0 Å². The fourth-order valence-corrected chi connectivity index (χ4v) is 2.48. The van der Waals surface area contributed by atoms with Gasteiger partial charge in [0.1, 0.15) is 11.3 Å². The van der Waals surface area contributed by atoms with Crippen molar-refractivity contribution in [2.24, 2.45) is 5.73 Å². The largest absolute Gasteiger partial charge is 0.507 e. The van der Waals surface area contributed by atoms with E-state index in [0.29, 0.717) is 0 Å². The summed E-state index contributed by atoms with van der Waals surface area (Å²) in [5.74, 6) is -2.94. The van der Waals surface area contributed by atoms with Crippen molar-refractivity contribution >= 4 is 11.7 Å². The average Bonchev–Trinajstić information content (AvgIpc) is 3.22. The maximum Gasteiger partial charge on any atom is 0.248 e. The number of rotatable bonds is 4. The van der Waals surface area contributed by atoms with E-state index < -0.39 is 28.8 Å². The SMILES string of the molecule is C1CCNC1.COc1ccc(O)c(C(=O)c2ccc(C(N)=O)cc2)c1F. The van der Waals surface area contributed by atoms with Crippen molar-refractivity contribution in [2.75, 3.05) is 20.2 Å². The molecule has 1 fully saturated rings. The molecule has 2 aromatic carbocycles. The Kier molecular flexibility index (Phi) is 6.68. The van der Waals surface area contributed by atoms with Crippen molar-refractivity contribution in [3.63, 3.8) is 0 Å². The van der Waals surface area contributed by atoms with E-state index >= 15 is 0 Å². The zero-order valence-electron chi connectivity index (χ0n) is 14.4. The first-order valence-electron chi connectivity index (χ1n) is 8.16. The lowest BCUT2D eigenvalue weighted by Gasteiger charge is -2.09. The van der Waals surface area contributed by atoms with Crippen LogP contribution in [0.25, 0.3) is 0 Å². The van der Waals surface area contributed by atoms with Crippen LogP contribution in [0.5, 0.6) is 11.5 Å². The number of ether oxygens (including phenoxy) is 1. The van der Waals surface area contributed by atoms with Gasteiger partial charge in [0.15, 0.2) is 17.3 Å². The molecule has 26 heavy (non-hydrogen) atoms. The molecule has 0 unspecified atom stereocenters. The molecule has 4 N–H and O–H groups in total. The Balaban J connectivity index is 0.000000417. The zero-order chi connectivity index (χ0) is 19.1. The van der Waals surface area contributed by atoms with Crippen molar-refractivity contribution in [1.29, 1.82) is 0 Å². The lowest BCUT2D eigenvalue weighted by molar-refractivity contribution is 0.0996. The number of carbonyl (C=O) groups excluding carboxylic acids is 2. The highest BCUT2D eigenvalue weighted by molar-refractivity contribution is 6.11. The number of aromatic hydroxyl groups is 1. The number of phenolic OH excluding ortho intramolecular Hbond substituents is 1. The second kappa shape index (κ2) is 8.96. The minimum Gasteiger partial charge on any atom is -0.507 e. The van der Waals surface area contributed by atoms with E-state index in [9.17, 15) is 19.1 Å². The highest BCUT2D eigenvalue weighted by atomic mass is 19.1. The molecule has 1 saturated heterocycles. The van der Waals surface area contributed by atoms with Crippen LogP contribution in [0.3, 0.4) is 0 Å². The van der Waals surface area contributed by atoms with Crippen molar-refractivity contribution in [3.8, 4) is 11.5 Å². The smallest absolute Gasteiger partial charge is 0.248 e. The van der Waals surface area contributed by atoms with Gasteiger partial charge in [0.25, 0.3) is 0 Å². The zero-order valence-corrected chi connectivity index (χ0v) is 14.4. The Morgan fingerprint density at radius 3 is 2.12 bits per heavy atom. The lowest BCUT2D eigenvalue weighted by Crippen LogP contribution is -2.11. The number of nitrogens with two attached hydrogens (primary N) is 1. The molecule has 0 bridgehead atoms. The van der Waals surface area contributed by atoms with Gasteiger partial charge in [-0.2, -0.15) is 0 Å². The topological polar surface area (TPSA) is 102 Å². The first-order chi connectivity index (χ1) is 12.5. The van der Waals surface area contributed by atoms with Gasteiger partial charge in [0.05, 0.1) is 7.11 Å². The second-order valence-electron chi connectivity index (χ2n) is 5.70.